The van der Waals surface area contributed by atoms with Gasteiger partial charge < -0.3 is 30.2 Å². The molecule has 0 amide bonds. The van der Waals surface area contributed by atoms with Crippen molar-refractivity contribution >= 4 is 44.5 Å². The average Bonchev–Trinajstić information content (AvgIpc) is 1.52. The van der Waals surface area contributed by atoms with Gasteiger partial charge in [0, 0.05) is 87.8 Å². The Morgan fingerprint density at radius 1 is 0.475 bits per heavy atom. The zero-order valence-corrected chi connectivity index (χ0v) is 74.2. The molecule has 9 nitrogen and oxygen atoms in total. The molecule has 1 aliphatic heterocycles. The Morgan fingerprint density at radius 3 is 1.48 bits per heavy atom. The van der Waals surface area contributed by atoms with E-state index >= 15 is 0 Å². The fourth-order valence-corrected chi connectivity index (χ4v) is 13.0. The number of aromatic nitrogens is 4. The van der Waals surface area contributed by atoms with E-state index in [4.69, 9.17) is 5.11 Å². The number of pyridine rings is 4. The van der Waals surface area contributed by atoms with E-state index in [9.17, 15) is 28.2 Å². The SMILES string of the molecule is C.CC(=O)C=C(C)O.CC(C)(C)c1cc(-c2[c-]c(-c3ccccc3O)cc(C(C)(C)C)c2)[c-]c(-c2ccccc2O)c1.Cc1ccc(-c2[c-]cccc2)nc1.FC(F)(F)c1c[c-]c(-c2ccc3ccccc3n2)cc1.[Ir].[Ir].[Pt+2].[c-]1ccccc1-c1nccc2ccccc12.c1ccc(N(c2ccccc2)c2cc[n+]3c(c2)-c2ccccc2C3)cc1. The van der Waals surface area contributed by atoms with Crippen LogP contribution in [-0.2, 0) is 89.6 Å². The van der Waals surface area contributed by atoms with Crippen LogP contribution in [0.3, 0.4) is 0 Å². The van der Waals surface area contributed by atoms with Gasteiger partial charge in [-0.25, -0.2) is 0 Å². The summed E-state index contributed by atoms with van der Waals surface area (Å²) in [5.41, 5.74) is 21.1. The van der Waals surface area contributed by atoms with Gasteiger partial charge in [0.05, 0.1) is 34.0 Å². The summed E-state index contributed by atoms with van der Waals surface area (Å²) in [6.45, 7) is 18.9. The van der Waals surface area contributed by atoms with Gasteiger partial charge in [-0.05, 0) is 142 Å². The molecule has 4 aromatic heterocycles. The van der Waals surface area contributed by atoms with Gasteiger partial charge in [0.2, 0.25) is 5.69 Å². The van der Waals surface area contributed by atoms with E-state index in [1.165, 1.54) is 64.8 Å². The average molecular weight is 2120 g/mol. The Morgan fingerprint density at radius 2 is 0.975 bits per heavy atom. The van der Waals surface area contributed by atoms with Gasteiger partial charge in [0.15, 0.2) is 18.5 Å². The molecule has 5 heterocycles. The summed E-state index contributed by atoms with van der Waals surface area (Å²) in [5, 5.41) is 32.8. The first-order valence-electron chi connectivity index (χ1n) is 38.1. The molecule has 0 fully saturated rings. The number of fused-ring (bicyclic) bond motifs is 5. The number of aromatic hydroxyl groups is 2. The zero-order chi connectivity index (χ0) is 81.9. The van der Waals surface area contributed by atoms with Crippen molar-refractivity contribution < 1.29 is 99.1 Å². The van der Waals surface area contributed by atoms with Gasteiger partial charge >= 0.3 is 27.2 Å². The number of aliphatic hydroxyl groups excluding tert-OH is 1. The summed E-state index contributed by atoms with van der Waals surface area (Å²) >= 11 is 0. The number of hydrogen-bond donors (Lipinski definition) is 3. The number of aliphatic hydroxyl groups is 1. The third-order valence-electron chi connectivity index (χ3n) is 19.0. The van der Waals surface area contributed by atoms with E-state index in [-0.39, 0.29) is 103 Å². The molecule has 0 unspecified atom stereocenters. The van der Waals surface area contributed by atoms with Crippen LogP contribution in [0.4, 0.5) is 30.2 Å². The van der Waals surface area contributed by atoms with Gasteiger partial charge in [0.25, 0.3) is 0 Å². The number of allylic oxidation sites excluding steroid dienone is 2. The molecule has 0 saturated heterocycles. The van der Waals surface area contributed by atoms with Crippen molar-refractivity contribution in [2.45, 2.75) is 93.3 Å². The number of para-hydroxylation sites is 5. The Balaban J connectivity index is 0.000000187. The third-order valence-corrected chi connectivity index (χ3v) is 19.0. The van der Waals surface area contributed by atoms with Gasteiger partial charge in [-0.1, -0.05) is 207 Å². The topological polar surface area (TPSA) is 124 Å². The second-order valence-electron chi connectivity index (χ2n) is 29.9. The molecule has 2 radical (unpaired) electrons. The number of nitrogens with zero attached hydrogens (tertiary/aromatic N) is 5. The van der Waals surface area contributed by atoms with Gasteiger partial charge in [0.1, 0.15) is 0 Å². The number of carbonyl (C=O) groups is 1. The number of ketones is 1. The number of benzene rings is 12. The Kier molecular flexibility index (Phi) is 33.7. The van der Waals surface area contributed by atoms with Crippen LogP contribution in [0.25, 0.3) is 100 Å². The number of alkyl halides is 3. The van der Waals surface area contributed by atoms with E-state index in [0.717, 1.165) is 108 Å². The fourth-order valence-electron chi connectivity index (χ4n) is 13.0. The summed E-state index contributed by atoms with van der Waals surface area (Å²) in [5.74, 6) is 0.406. The summed E-state index contributed by atoms with van der Waals surface area (Å²) in [7, 11) is 0. The minimum absolute atomic E-state index is 0. The maximum Gasteiger partial charge on any atom is 2.00 e. The molecule has 12 aromatic carbocycles. The molecule has 0 atom stereocenters. The number of phenolic OH excluding ortho intramolecular Hbond substituents is 2. The van der Waals surface area contributed by atoms with Gasteiger partial charge in [-0.3, -0.25) is 9.78 Å². The van der Waals surface area contributed by atoms with Crippen LogP contribution >= 0.6 is 0 Å². The van der Waals surface area contributed by atoms with Crippen molar-refractivity contribution in [3.05, 3.63) is 404 Å². The minimum Gasteiger partial charge on any atom is -0.515 e. The van der Waals surface area contributed by atoms with Crippen molar-refractivity contribution in [2.24, 2.45) is 0 Å². The summed E-state index contributed by atoms with van der Waals surface area (Å²) in [6, 6.07) is 118. The fraction of sp³-hybridized carbons (Fsp3) is 0.133. The first kappa shape index (κ1) is 93.6. The molecule has 0 spiro atoms. The standard InChI is InChI=1S/C32H32O2.C24H19N2.C16H9F3N.C15H10N.C12H10N.C5H8O2.CH4.2Ir.Pt/c1-31(2,3)25-17-21(15-23(19-25)27-11-7-9-13-29(27)33)22-16-24(20-26(18-22)32(4,5)6)28-12-8-10-14-30(28)34;1-3-10-20(11-4-1)26(21-12-5-2-6-13-21)22-15-16-25-18-19-9-7-8-14-23(19)24(25)17-22;17-16(18,19)13-8-5-12(6-9-13)15-10-7-11-3-1-2-4-14(11)20-15;1-2-7-13(8-3-1)15-14-9-5-4-6-12(14)10-11-16-15;1-10-7-8-12(13-9-10)11-5-3-2-4-6-11;1-4(6)3-5(2)7;;;;/h7-14,17-20,33-34H,1-6H3;1-17H,18H2;1-5,7-10H;1-7,9-11H;2-5,7-9H,1H3;3,6H,1-2H3;1H4;;;/q-2;+1;3*-1;;;;;+2. The molecular weight excluding hydrogens is 2030 g/mol. The second-order valence-corrected chi connectivity index (χ2v) is 29.9. The quantitative estimate of drug-likeness (QED) is 0.0535. The molecule has 0 aliphatic carbocycles. The Bertz CT molecular complexity index is 5890. The second kappa shape index (κ2) is 43.2. The van der Waals surface area contributed by atoms with Crippen LogP contribution in [0.5, 0.6) is 11.5 Å². The maximum atomic E-state index is 12.5. The van der Waals surface area contributed by atoms with Crippen LogP contribution in [0.2, 0.25) is 0 Å². The molecule has 1 aliphatic rings. The summed E-state index contributed by atoms with van der Waals surface area (Å²) in [6.07, 6.45) is 2.74. The number of hydrogen-bond acceptors (Lipinski definition) is 8. The third kappa shape index (κ3) is 24.9. The van der Waals surface area contributed by atoms with Crippen molar-refractivity contribution in [1.82, 2.24) is 15.0 Å². The Hall–Kier alpha value is -11.9. The van der Waals surface area contributed by atoms with Crippen LogP contribution in [0, 0.1) is 37.3 Å². The van der Waals surface area contributed by atoms with Crippen molar-refractivity contribution in [1.29, 1.82) is 0 Å². The predicted octanol–water partition coefficient (Wildman–Crippen LogP) is 26.7. The predicted molar refractivity (Wildman–Crippen MR) is 471 cm³/mol. The van der Waals surface area contributed by atoms with Crippen LogP contribution in [0.1, 0.15) is 90.6 Å². The minimum atomic E-state index is -4.34. The zero-order valence-electron chi connectivity index (χ0n) is 67.1. The molecule has 120 heavy (non-hydrogen) atoms. The number of anilines is 3. The van der Waals surface area contributed by atoms with E-state index < -0.39 is 11.7 Å². The number of phenols is 2. The van der Waals surface area contributed by atoms with Crippen LogP contribution in [-0.4, -0.2) is 36.1 Å². The van der Waals surface area contributed by atoms with Gasteiger partial charge in [-0.2, -0.15) is 53.1 Å². The summed E-state index contributed by atoms with van der Waals surface area (Å²) in [4.78, 5) is 25.5. The number of aryl methyl sites for hydroxylation is 1. The molecule has 0 saturated carbocycles. The van der Waals surface area contributed by atoms with Crippen molar-refractivity contribution in [3.63, 3.8) is 0 Å². The first-order valence-corrected chi connectivity index (χ1v) is 38.1. The van der Waals surface area contributed by atoms with E-state index in [2.05, 4.69) is 242 Å². The largest absolute Gasteiger partial charge is 2.00 e. The van der Waals surface area contributed by atoms with E-state index in [1.54, 1.807) is 18.2 Å². The van der Waals surface area contributed by atoms with Crippen LogP contribution < -0.4 is 9.47 Å². The molecule has 612 valence electrons. The number of carbonyl (C=O) groups excluding carboxylic acids is 1. The first-order chi connectivity index (χ1) is 55.8. The van der Waals surface area contributed by atoms with E-state index in [0.29, 0.717) is 11.3 Å². The van der Waals surface area contributed by atoms with Crippen molar-refractivity contribution in [3.8, 4) is 89.9 Å². The van der Waals surface area contributed by atoms with E-state index in [1.807, 2.05) is 159 Å². The molecule has 0 bridgehead atoms. The monoisotopic (exact) mass is 2120 g/mol. The molecule has 3 N–H and O–H groups in total. The molecule has 17 rings (SSSR count). The smallest absolute Gasteiger partial charge is 0.515 e. The number of halogens is 3. The molecule has 15 heteroatoms. The maximum absolute atomic E-state index is 12.5. The molecule has 16 aromatic rings. The van der Waals surface area contributed by atoms with Gasteiger partial charge in [-0.15, -0.1) is 136 Å². The van der Waals surface area contributed by atoms with Crippen molar-refractivity contribution in [2.75, 3.05) is 4.90 Å². The van der Waals surface area contributed by atoms with Crippen LogP contribution in [0.15, 0.2) is 346 Å². The number of rotatable bonds is 10. The normalized spacial score (nSPS) is 11.1. The summed E-state index contributed by atoms with van der Waals surface area (Å²) < 4.78 is 39.8. The molecular formula is C105H92F3Ir2N5O4Pt-2. The Labute approximate surface area is 744 Å².